The third-order valence-corrected chi connectivity index (χ3v) is 4.47. The standard InChI is InChI=1S/C18H24N2O5.ClH/c1-24-17(22)12-7-13(18(23)25-2)9-14(8-12)20-16(21)10-11-5-3-4-6-15(11)19;/h7-9,11,15H,3-6,10,19H2,1-2H3,(H,20,21);1H. The molecule has 2 unspecified atom stereocenters. The number of nitrogens with one attached hydrogen (secondary N) is 1. The molecule has 1 aromatic carbocycles. The lowest BCUT2D eigenvalue weighted by Gasteiger charge is -2.28. The Kier molecular flexibility index (Phi) is 8.54. The van der Waals surface area contributed by atoms with Crippen LogP contribution in [0.25, 0.3) is 0 Å². The van der Waals surface area contributed by atoms with E-state index < -0.39 is 11.9 Å². The van der Waals surface area contributed by atoms with Crippen molar-refractivity contribution in [2.24, 2.45) is 11.7 Å². The van der Waals surface area contributed by atoms with Gasteiger partial charge >= 0.3 is 11.9 Å². The van der Waals surface area contributed by atoms with Crippen LogP contribution in [0.1, 0.15) is 52.8 Å². The molecule has 0 aliphatic heterocycles. The number of hydrogen-bond donors (Lipinski definition) is 2. The van der Waals surface area contributed by atoms with Gasteiger partial charge in [-0.1, -0.05) is 12.8 Å². The summed E-state index contributed by atoms with van der Waals surface area (Å²) in [5.74, 6) is -1.25. The second-order valence-electron chi connectivity index (χ2n) is 6.24. The first-order valence-corrected chi connectivity index (χ1v) is 8.31. The zero-order valence-corrected chi connectivity index (χ0v) is 15.8. The summed E-state index contributed by atoms with van der Waals surface area (Å²) in [4.78, 5) is 35.9. The zero-order valence-electron chi connectivity index (χ0n) is 14.9. The largest absolute Gasteiger partial charge is 0.465 e. The molecule has 0 aromatic heterocycles. The number of hydrogen-bond acceptors (Lipinski definition) is 6. The summed E-state index contributed by atoms with van der Waals surface area (Å²) in [5, 5.41) is 2.74. The zero-order chi connectivity index (χ0) is 18.4. The number of rotatable bonds is 5. The molecule has 1 aliphatic carbocycles. The number of esters is 2. The molecule has 3 N–H and O–H groups in total. The predicted octanol–water partition coefficient (Wildman–Crippen LogP) is 2.53. The van der Waals surface area contributed by atoms with Gasteiger partial charge in [-0.05, 0) is 37.0 Å². The van der Waals surface area contributed by atoms with Crippen molar-refractivity contribution in [3.63, 3.8) is 0 Å². The maximum atomic E-state index is 12.3. The van der Waals surface area contributed by atoms with Crippen LogP contribution in [0.3, 0.4) is 0 Å². The van der Waals surface area contributed by atoms with Gasteiger partial charge in [-0.2, -0.15) is 0 Å². The Morgan fingerprint density at radius 2 is 1.58 bits per heavy atom. The fourth-order valence-electron chi connectivity index (χ4n) is 3.11. The van der Waals surface area contributed by atoms with Crippen molar-refractivity contribution >= 4 is 35.9 Å². The van der Waals surface area contributed by atoms with Crippen LogP contribution in [0.4, 0.5) is 5.69 Å². The van der Waals surface area contributed by atoms with E-state index >= 15 is 0 Å². The van der Waals surface area contributed by atoms with Crippen LogP contribution in [-0.2, 0) is 14.3 Å². The lowest BCUT2D eigenvalue weighted by atomic mass is 9.83. The van der Waals surface area contributed by atoms with Crippen LogP contribution in [0, 0.1) is 5.92 Å². The molecule has 2 rings (SSSR count). The Morgan fingerprint density at radius 1 is 1.04 bits per heavy atom. The van der Waals surface area contributed by atoms with Gasteiger partial charge < -0.3 is 20.5 Å². The average Bonchev–Trinajstić information content (AvgIpc) is 2.61. The maximum absolute atomic E-state index is 12.3. The molecule has 1 fully saturated rings. The van der Waals surface area contributed by atoms with Crippen molar-refractivity contribution in [3.05, 3.63) is 29.3 Å². The minimum Gasteiger partial charge on any atom is -0.465 e. The lowest BCUT2D eigenvalue weighted by molar-refractivity contribution is -0.117. The first-order valence-electron chi connectivity index (χ1n) is 8.31. The molecule has 26 heavy (non-hydrogen) atoms. The van der Waals surface area contributed by atoms with Crippen molar-refractivity contribution in [1.29, 1.82) is 0 Å². The average molecular weight is 385 g/mol. The Morgan fingerprint density at radius 3 is 2.08 bits per heavy atom. The second-order valence-corrected chi connectivity index (χ2v) is 6.24. The molecule has 0 heterocycles. The minimum absolute atomic E-state index is 0. The van der Waals surface area contributed by atoms with Crippen molar-refractivity contribution in [1.82, 2.24) is 0 Å². The van der Waals surface area contributed by atoms with Crippen molar-refractivity contribution in [2.75, 3.05) is 19.5 Å². The van der Waals surface area contributed by atoms with Crippen LogP contribution in [0.5, 0.6) is 0 Å². The Balaban J connectivity index is 0.00000338. The summed E-state index contributed by atoms with van der Waals surface area (Å²) < 4.78 is 9.36. The van der Waals surface area contributed by atoms with Crippen LogP contribution >= 0.6 is 12.4 Å². The van der Waals surface area contributed by atoms with Gasteiger partial charge in [-0.3, -0.25) is 4.79 Å². The molecule has 0 bridgehead atoms. The van der Waals surface area contributed by atoms with Gasteiger partial charge in [0.25, 0.3) is 0 Å². The smallest absolute Gasteiger partial charge is 0.337 e. The van der Waals surface area contributed by atoms with E-state index in [9.17, 15) is 14.4 Å². The fourth-order valence-corrected chi connectivity index (χ4v) is 3.11. The normalized spacial score (nSPS) is 19.0. The molecule has 0 radical (unpaired) electrons. The first kappa shape index (κ1) is 21.9. The summed E-state index contributed by atoms with van der Waals surface area (Å²) in [6.45, 7) is 0. The number of carbonyl (C=O) groups excluding carboxylic acids is 3. The number of halogens is 1. The monoisotopic (exact) mass is 384 g/mol. The van der Waals surface area contributed by atoms with Gasteiger partial charge in [0.2, 0.25) is 5.91 Å². The number of methoxy groups -OCH3 is 2. The van der Waals surface area contributed by atoms with E-state index in [1.54, 1.807) is 0 Å². The number of amides is 1. The number of benzene rings is 1. The summed E-state index contributed by atoms with van der Waals surface area (Å²) >= 11 is 0. The first-order chi connectivity index (χ1) is 11.9. The molecular formula is C18H25ClN2O5. The molecule has 0 spiro atoms. The van der Waals surface area contributed by atoms with E-state index in [1.165, 1.54) is 32.4 Å². The topological polar surface area (TPSA) is 108 Å². The number of ether oxygens (including phenoxy) is 2. The summed E-state index contributed by atoms with van der Waals surface area (Å²) in [6, 6.07) is 4.34. The number of nitrogens with two attached hydrogens (primary N) is 1. The number of anilines is 1. The Bertz CT molecular complexity index is 631. The van der Waals surface area contributed by atoms with E-state index in [4.69, 9.17) is 5.73 Å². The number of carbonyl (C=O) groups is 3. The maximum Gasteiger partial charge on any atom is 0.337 e. The Hall–Kier alpha value is -2.12. The third kappa shape index (κ3) is 5.71. The minimum atomic E-state index is -0.601. The van der Waals surface area contributed by atoms with E-state index in [0.717, 1.165) is 25.7 Å². The summed E-state index contributed by atoms with van der Waals surface area (Å²) in [5.41, 5.74) is 6.75. The van der Waals surface area contributed by atoms with Crippen LogP contribution in [-0.4, -0.2) is 38.1 Å². The van der Waals surface area contributed by atoms with Gasteiger partial charge in [0, 0.05) is 18.2 Å². The van der Waals surface area contributed by atoms with Crippen molar-refractivity contribution < 1.29 is 23.9 Å². The molecule has 1 aliphatic rings. The molecular weight excluding hydrogens is 360 g/mol. The van der Waals surface area contributed by atoms with Crippen molar-refractivity contribution in [3.8, 4) is 0 Å². The molecule has 7 nitrogen and oxygen atoms in total. The fraction of sp³-hybridized carbons (Fsp3) is 0.500. The van der Waals surface area contributed by atoms with Gasteiger partial charge in [0.05, 0.1) is 25.3 Å². The van der Waals surface area contributed by atoms with Crippen LogP contribution in [0.2, 0.25) is 0 Å². The highest BCUT2D eigenvalue weighted by atomic mass is 35.5. The quantitative estimate of drug-likeness (QED) is 0.755. The van der Waals surface area contributed by atoms with E-state index in [2.05, 4.69) is 14.8 Å². The van der Waals surface area contributed by atoms with Gasteiger partial charge in [0.1, 0.15) is 0 Å². The van der Waals surface area contributed by atoms with Gasteiger partial charge in [-0.15, -0.1) is 12.4 Å². The van der Waals surface area contributed by atoms with E-state index in [0.29, 0.717) is 12.1 Å². The van der Waals surface area contributed by atoms with E-state index in [1.807, 2.05) is 0 Å². The predicted molar refractivity (Wildman–Crippen MR) is 99.5 cm³/mol. The van der Waals surface area contributed by atoms with Gasteiger partial charge in [-0.25, -0.2) is 9.59 Å². The molecule has 1 aromatic rings. The van der Waals surface area contributed by atoms with E-state index in [-0.39, 0.29) is 41.4 Å². The molecule has 2 atom stereocenters. The van der Waals surface area contributed by atoms with Crippen molar-refractivity contribution in [2.45, 2.75) is 38.1 Å². The van der Waals surface area contributed by atoms with Crippen LogP contribution < -0.4 is 11.1 Å². The highest BCUT2D eigenvalue weighted by Crippen LogP contribution is 2.26. The lowest BCUT2D eigenvalue weighted by Crippen LogP contribution is -2.35. The highest BCUT2D eigenvalue weighted by molar-refractivity contribution is 5.99. The molecule has 144 valence electrons. The SMILES string of the molecule is COC(=O)c1cc(NC(=O)CC2CCCCC2N)cc(C(=O)OC)c1.Cl. The molecule has 0 saturated heterocycles. The Labute approximate surface area is 159 Å². The van der Waals surface area contributed by atoms with Gasteiger partial charge in [0.15, 0.2) is 0 Å². The molecule has 1 saturated carbocycles. The third-order valence-electron chi connectivity index (χ3n) is 4.47. The highest BCUT2D eigenvalue weighted by Gasteiger charge is 2.24. The van der Waals surface area contributed by atoms with Crippen LogP contribution in [0.15, 0.2) is 18.2 Å². The molecule has 1 amide bonds. The summed E-state index contributed by atoms with van der Waals surface area (Å²) in [7, 11) is 2.49. The second kappa shape index (κ2) is 10.1. The molecule has 8 heteroatoms. The summed E-state index contributed by atoms with van der Waals surface area (Å²) in [6.07, 6.45) is 4.36.